The third-order valence-corrected chi connectivity index (χ3v) is 8.86. The van der Waals surface area contributed by atoms with Crippen LogP contribution in [0, 0.1) is 31.1 Å². The van der Waals surface area contributed by atoms with Crippen LogP contribution >= 0.6 is 10.7 Å². The van der Waals surface area contributed by atoms with Crippen molar-refractivity contribution in [3.8, 4) is 17.6 Å². The number of hydrogen-bond acceptors (Lipinski definition) is 4. The van der Waals surface area contributed by atoms with Gasteiger partial charge in [0.1, 0.15) is 11.5 Å². The van der Waals surface area contributed by atoms with Gasteiger partial charge in [0.15, 0.2) is 0 Å². The van der Waals surface area contributed by atoms with Crippen molar-refractivity contribution < 1.29 is 9.53 Å². The van der Waals surface area contributed by atoms with Crippen LogP contribution in [0.5, 0.6) is 11.5 Å². The summed E-state index contributed by atoms with van der Waals surface area (Å²) in [4.78, 5) is 16.1. The summed E-state index contributed by atoms with van der Waals surface area (Å²) in [5.74, 6) is 2.17. The molecule has 2 aromatic rings. The van der Waals surface area contributed by atoms with Crippen LogP contribution in [0.1, 0.15) is 55.7 Å². The number of nitrogens with zero attached hydrogens (tertiary/aromatic N) is 3. The van der Waals surface area contributed by atoms with Crippen molar-refractivity contribution in [1.82, 2.24) is 9.21 Å². The van der Waals surface area contributed by atoms with Crippen LogP contribution in [0.3, 0.4) is 0 Å². The molecule has 0 N–H and O–H groups in total. The van der Waals surface area contributed by atoms with E-state index in [1.165, 1.54) is 19.3 Å². The van der Waals surface area contributed by atoms with Crippen LogP contribution < -0.4 is 4.74 Å². The quantitative estimate of drug-likeness (QED) is 0.492. The first-order valence-electron chi connectivity index (χ1n) is 12.3. The van der Waals surface area contributed by atoms with E-state index in [-0.39, 0.29) is 16.6 Å². The highest BCUT2D eigenvalue weighted by molar-refractivity contribution is 8.13. The number of aryl methyl sites for hydroxylation is 2. The van der Waals surface area contributed by atoms with E-state index in [2.05, 4.69) is 47.5 Å². The van der Waals surface area contributed by atoms with Gasteiger partial charge in [-0.3, -0.25) is 4.79 Å². The predicted octanol–water partition coefficient (Wildman–Crippen LogP) is 6.06. The van der Waals surface area contributed by atoms with Crippen LogP contribution in [0.2, 0.25) is 0 Å². The van der Waals surface area contributed by atoms with Gasteiger partial charge in [0.2, 0.25) is 5.91 Å². The highest BCUT2D eigenvalue weighted by Crippen LogP contribution is 2.41. The first-order valence-corrected chi connectivity index (χ1v) is 13.6. The van der Waals surface area contributed by atoms with Crippen LogP contribution in [-0.4, -0.2) is 46.7 Å². The molecule has 1 unspecified atom stereocenters. The minimum absolute atomic E-state index is 0.224. The zero-order valence-corrected chi connectivity index (χ0v) is 21.4. The monoisotopic (exact) mass is 477 g/mol. The summed E-state index contributed by atoms with van der Waals surface area (Å²) in [7, 11) is -0.328. The fourth-order valence-electron chi connectivity index (χ4n) is 5.07. The number of hydrogen-bond donors (Lipinski definition) is 0. The predicted molar refractivity (Wildman–Crippen MR) is 139 cm³/mol. The summed E-state index contributed by atoms with van der Waals surface area (Å²) >= 11 is 0. The number of rotatable bonds is 5. The Labute approximate surface area is 206 Å². The molecule has 1 aliphatic carbocycles. The molecule has 180 valence electrons. The molecule has 1 atom stereocenters. The molecule has 4 rings (SSSR count). The standard InChI is InChI=1S/C28H35N3O2S/c1-4-34(31-14-12-30(13-15-31)28(32)24-8-6-5-7-9-24)27-19-23(20-29)10-11-26(27)33-25-17-21(2)16-22(3)18-25/h4,10-11,16-19,24H,5-9,12-15H2,1-3H3. The number of benzene rings is 2. The van der Waals surface area contributed by atoms with E-state index in [9.17, 15) is 10.1 Å². The van der Waals surface area contributed by atoms with Crippen molar-refractivity contribution in [3.05, 3.63) is 53.1 Å². The third-order valence-electron chi connectivity index (χ3n) is 6.73. The van der Waals surface area contributed by atoms with Crippen LogP contribution in [0.15, 0.2) is 41.3 Å². The molecule has 1 saturated carbocycles. The number of ether oxygens (including phenoxy) is 1. The van der Waals surface area contributed by atoms with E-state index in [4.69, 9.17) is 4.74 Å². The third kappa shape index (κ3) is 5.71. The van der Waals surface area contributed by atoms with E-state index in [0.717, 1.165) is 66.5 Å². The molecule has 34 heavy (non-hydrogen) atoms. The molecular weight excluding hydrogens is 442 g/mol. The molecule has 0 spiro atoms. The zero-order chi connectivity index (χ0) is 24.1. The van der Waals surface area contributed by atoms with Crippen LogP contribution in [-0.2, 0) is 4.79 Å². The molecule has 0 radical (unpaired) electrons. The Balaban J connectivity index is 1.53. The van der Waals surface area contributed by atoms with E-state index < -0.39 is 0 Å². The number of amides is 1. The van der Waals surface area contributed by atoms with Gasteiger partial charge in [-0.15, -0.1) is 0 Å². The van der Waals surface area contributed by atoms with Crippen molar-refractivity contribution in [3.63, 3.8) is 0 Å². The Bertz CT molecular complexity index is 1090. The van der Waals surface area contributed by atoms with Gasteiger partial charge in [-0.2, -0.15) is 5.26 Å². The second-order valence-corrected chi connectivity index (χ2v) is 11.4. The van der Waals surface area contributed by atoms with Gasteiger partial charge in [0.05, 0.1) is 16.5 Å². The molecule has 2 fully saturated rings. The Morgan fingerprint density at radius 1 is 1.03 bits per heavy atom. The fourth-order valence-corrected chi connectivity index (χ4v) is 7.02. The first-order chi connectivity index (χ1) is 16.5. The van der Waals surface area contributed by atoms with Crippen LogP contribution in [0.4, 0.5) is 0 Å². The lowest BCUT2D eigenvalue weighted by atomic mass is 9.88. The Morgan fingerprint density at radius 2 is 1.71 bits per heavy atom. The second kappa shape index (κ2) is 11.2. The van der Waals surface area contributed by atoms with Gasteiger partial charge in [-0.25, -0.2) is 4.31 Å². The van der Waals surface area contributed by atoms with Gasteiger partial charge < -0.3 is 9.64 Å². The van der Waals surface area contributed by atoms with Gasteiger partial charge in [0.25, 0.3) is 0 Å². The Hall–Kier alpha value is -2.62. The fraction of sp³-hybridized carbons (Fsp3) is 0.464. The molecule has 6 heteroatoms. The van der Waals surface area contributed by atoms with E-state index in [1.807, 2.05) is 30.3 Å². The van der Waals surface area contributed by atoms with Gasteiger partial charge >= 0.3 is 0 Å². The summed E-state index contributed by atoms with van der Waals surface area (Å²) in [6.07, 6.45) is 5.73. The van der Waals surface area contributed by atoms with E-state index in [1.54, 1.807) is 0 Å². The Kier molecular flexibility index (Phi) is 8.07. The van der Waals surface area contributed by atoms with Crippen molar-refractivity contribution in [2.75, 3.05) is 26.2 Å². The average Bonchev–Trinajstić information content (AvgIpc) is 2.85. The molecule has 0 bridgehead atoms. The number of piperazine rings is 1. The summed E-state index contributed by atoms with van der Waals surface area (Å²) in [6, 6.07) is 14.2. The van der Waals surface area contributed by atoms with Crippen molar-refractivity contribution >= 4 is 21.9 Å². The molecule has 0 aromatic heterocycles. The number of carbonyl (C=O) groups excluding carboxylic acids is 1. The van der Waals surface area contributed by atoms with Gasteiger partial charge in [0, 0.05) is 32.1 Å². The molecule has 2 aromatic carbocycles. The largest absolute Gasteiger partial charge is 0.456 e. The van der Waals surface area contributed by atoms with E-state index >= 15 is 0 Å². The summed E-state index contributed by atoms with van der Waals surface area (Å²) in [5, 5.41) is 11.7. The molecule has 1 saturated heterocycles. The normalized spacial score (nSPS) is 18.5. The highest BCUT2D eigenvalue weighted by Gasteiger charge is 2.29. The summed E-state index contributed by atoms with van der Waals surface area (Å²) in [5.41, 5.74) is 2.95. The maximum atomic E-state index is 13.0. The van der Waals surface area contributed by atoms with Crippen molar-refractivity contribution in [1.29, 1.82) is 5.26 Å². The van der Waals surface area contributed by atoms with Crippen molar-refractivity contribution in [2.24, 2.45) is 5.92 Å². The first kappa shape index (κ1) is 24.5. The molecular formula is C28H35N3O2S. The highest BCUT2D eigenvalue weighted by atomic mass is 32.2. The lowest BCUT2D eigenvalue weighted by Gasteiger charge is -2.38. The maximum Gasteiger partial charge on any atom is 0.225 e. The summed E-state index contributed by atoms with van der Waals surface area (Å²) in [6.45, 7) is 9.38. The van der Waals surface area contributed by atoms with E-state index in [0.29, 0.717) is 11.5 Å². The lowest BCUT2D eigenvalue weighted by Crippen LogP contribution is -2.49. The Morgan fingerprint density at radius 3 is 2.32 bits per heavy atom. The molecule has 2 aliphatic rings. The SMILES string of the molecule is C/C=S(\c1cc(C#N)ccc1Oc1cc(C)cc(C)c1)N1CCN(C(=O)C2CCCCC2)CC1. The minimum Gasteiger partial charge on any atom is -0.456 e. The minimum atomic E-state index is -0.328. The molecule has 5 nitrogen and oxygen atoms in total. The lowest BCUT2D eigenvalue weighted by molar-refractivity contribution is -0.137. The second-order valence-electron chi connectivity index (χ2n) is 9.34. The van der Waals surface area contributed by atoms with Crippen LogP contribution in [0.25, 0.3) is 0 Å². The topological polar surface area (TPSA) is 56.6 Å². The average molecular weight is 478 g/mol. The zero-order valence-electron chi connectivity index (χ0n) is 20.5. The summed E-state index contributed by atoms with van der Waals surface area (Å²) < 4.78 is 8.80. The molecule has 1 amide bonds. The van der Waals surface area contributed by atoms with Crippen molar-refractivity contribution in [2.45, 2.75) is 57.8 Å². The van der Waals surface area contributed by atoms with Gasteiger partial charge in [-0.05, 0) is 80.4 Å². The maximum absolute atomic E-state index is 13.0. The molecule has 1 aliphatic heterocycles. The number of nitriles is 1. The molecule has 1 heterocycles. The number of carbonyl (C=O) groups is 1. The smallest absolute Gasteiger partial charge is 0.225 e. The van der Waals surface area contributed by atoms with Gasteiger partial charge in [-0.1, -0.05) is 36.0 Å².